The Morgan fingerprint density at radius 1 is 1.18 bits per heavy atom. The maximum absolute atomic E-state index is 5.79. The lowest BCUT2D eigenvalue weighted by molar-refractivity contribution is -0.246. The molecular formula is C11H19NO5. The van der Waals surface area contributed by atoms with E-state index in [-0.39, 0.29) is 24.4 Å². The summed E-state index contributed by atoms with van der Waals surface area (Å²) < 4.78 is 27.4. The molecule has 1 fully saturated rings. The van der Waals surface area contributed by atoms with E-state index in [2.05, 4.69) is 4.99 Å². The number of hydrogen-bond acceptors (Lipinski definition) is 6. The van der Waals surface area contributed by atoms with Crippen LogP contribution in [0.2, 0.25) is 0 Å². The summed E-state index contributed by atoms with van der Waals surface area (Å²) in [6, 6.07) is -0.168. The molecule has 2 aliphatic rings. The number of methoxy groups -OCH3 is 3. The lowest BCUT2D eigenvalue weighted by Crippen LogP contribution is -2.58. The van der Waals surface area contributed by atoms with Crippen molar-refractivity contribution in [2.45, 2.75) is 37.6 Å². The van der Waals surface area contributed by atoms with Gasteiger partial charge in [-0.1, -0.05) is 0 Å². The van der Waals surface area contributed by atoms with Gasteiger partial charge in [-0.15, -0.1) is 0 Å². The van der Waals surface area contributed by atoms with Crippen molar-refractivity contribution in [3.63, 3.8) is 0 Å². The third-order valence-corrected chi connectivity index (χ3v) is 3.11. The van der Waals surface area contributed by atoms with Crippen LogP contribution in [-0.2, 0) is 23.7 Å². The number of hydrogen-bond donors (Lipinski definition) is 0. The average Bonchev–Trinajstić information content (AvgIpc) is 2.67. The van der Waals surface area contributed by atoms with Crippen LogP contribution in [0.4, 0.5) is 0 Å². The van der Waals surface area contributed by atoms with E-state index in [0.717, 1.165) is 0 Å². The molecule has 0 amide bonds. The topological polar surface area (TPSA) is 58.5 Å². The molecule has 2 heterocycles. The largest absolute Gasteiger partial charge is 0.450 e. The predicted octanol–water partition coefficient (Wildman–Crippen LogP) is 0.205. The van der Waals surface area contributed by atoms with Crippen molar-refractivity contribution in [1.82, 2.24) is 0 Å². The molecule has 3 unspecified atom stereocenters. The van der Waals surface area contributed by atoms with Crippen molar-refractivity contribution in [3.05, 3.63) is 0 Å². The lowest BCUT2D eigenvalue weighted by Gasteiger charge is -2.40. The standard InChI is InChI=1S/C11H19NO5/c1-6-12-8-10(15-4)9(14-3)7(5-13-2)17-11(8)16-6/h7-11H,5H2,1-4H3/t7?,8?,9-,10?,11-/m1/s1. The van der Waals surface area contributed by atoms with Crippen molar-refractivity contribution in [2.75, 3.05) is 27.9 Å². The summed E-state index contributed by atoms with van der Waals surface area (Å²) in [7, 11) is 4.91. The summed E-state index contributed by atoms with van der Waals surface area (Å²) in [6.07, 6.45) is -1.00. The number of fused-ring (bicyclic) bond motifs is 1. The molecule has 6 nitrogen and oxygen atoms in total. The van der Waals surface area contributed by atoms with Crippen molar-refractivity contribution in [3.8, 4) is 0 Å². The van der Waals surface area contributed by atoms with Crippen LogP contribution in [0.1, 0.15) is 6.92 Å². The molecule has 0 saturated carbocycles. The molecule has 98 valence electrons. The van der Waals surface area contributed by atoms with Gasteiger partial charge in [-0.25, -0.2) is 4.99 Å². The minimum atomic E-state index is -0.397. The van der Waals surface area contributed by atoms with Crippen LogP contribution in [0, 0.1) is 0 Å². The van der Waals surface area contributed by atoms with Gasteiger partial charge in [0.2, 0.25) is 6.29 Å². The number of nitrogens with zero attached hydrogens (tertiary/aromatic N) is 1. The molecule has 5 atom stereocenters. The van der Waals surface area contributed by atoms with Crippen LogP contribution in [0.15, 0.2) is 4.99 Å². The lowest BCUT2D eigenvalue weighted by atomic mass is 9.97. The zero-order valence-electron chi connectivity index (χ0n) is 10.6. The molecule has 2 aliphatic heterocycles. The van der Waals surface area contributed by atoms with E-state index in [1.165, 1.54) is 0 Å². The summed E-state index contributed by atoms with van der Waals surface area (Å²) in [5, 5.41) is 0. The molecule has 0 spiro atoms. The predicted molar refractivity (Wildman–Crippen MR) is 60.1 cm³/mol. The highest BCUT2D eigenvalue weighted by Gasteiger charge is 2.50. The third-order valence-electron chi connectivity index (χ3n) is 3.11. The first-order valence-electron chi connectivity index (χ1n) is 5.62. The monoisotopic (exact) mass is 245 g/mol. The van der Waals surface area contributed by atoms with Crippen molar-refractivity contribution in [1.29, 1.82) is 0 Å². The van der Waals surface area contributed by atoms with Gasteiger partial charge in [-0.05, 0) is 0 Å². The SMILES string of the molecule is COCC1O[C@H]2OC(C)=NC2C(OC)[C@@H]1OC. The summed E-state index contributed by atoms with van der Waals surface area (Å²) in [6.45, 7) is 2.24. The second-order valence-electron chi connectivity index (χ2n) is 4.16. The van der Waals surface area contributed by atoms with Gasteiger partial charge in [0.05, 0.1) is 6.61 Å². The van der Waals surface area contributed by atoms with Crippen LogP contribution in [0.3, 0.4) is 0 Å². The molecule has 1 saturated heterocycles. The van der Waals surface area contributed by atoms with Crippen molar-refractivity contribution >= 4 is 5.90 Å². The van der Waals surface area contributed by atoms with Gasteiger partial charge in [0.1, 0.15) is 24.4 Å². The van der Waals surface area contributed by atoms with E-state index in [1.807, 2.05) is 6.92 Å². The van der Waals surface area contributed by atoms with Gasteiger partial charge in [-0.2, -0.15) is 0 Å². The molecule has 2 rings (SSSR count). The normalized spacial score (nSPS) is 40.7. The smallest absolute Gasteiger partial charge is 0.227 e. The van der Waals surface area contributed by atoms with Gasteiger partial charge in [0, 0.05) is 28.3 Å². The number of aliphatic imine (C=N–C) groups is 1. The second-order valence-corrected chi connectivity index (χ2v) is 4.16. The van der Waals surface area contributed by atoms with E-state index in [4.69, 9.17) is 23.7 Å². The first-order chi connectivity index (χ1) is 8.21. The van der Waals surface area contributed by atoms with E-state index in [9.17, 15) is 0 Å². The maximum Gasteiger partial charge on any atom is 0.227 e. The zero-order chi connectivity index (χ0) is 12.4. The Labute approximate surface area is 101 Å². The summed E-state index contributed by atoms with van der Waals surface area (Å²) in [5.41, 5.74) is 0. The van der Waals surface area contributed by atoms with E-state index in [1.54, 1.807) is 21.3 Å². The fourth-order valence-electron chi connectivity index (χ4n) is 2.39. The molecule has 17 heavy (non-hydrogen) atoms. The van der Waals surface area contributed by atoms with Gasteiger partial charge < -0.3 is 23.7 Å². The summed E-state index contributed by atoms with van der Waals surface area (Å²) in [5.74, 6) is 0.620. The van der Waals surface area contributed by atoms with E-state index < -0.39 is 6.29 Å². The molecule has 6 heteroatoms. The molecule has 0 bridgehead atoms. The molecule has 0 radical (unpaired) electrons. The molecule has 0 aromatic rings. The molecular weight excluding hydrogens is 226 g/mol. The van der Waals surface area contributed by atoms with Gasteiger partial charge in [-0.3, -0.25) is 0 Å². The molecule has 0 aliphatic carbocycles. The average molecular weight is 245 g/mol. The Bertz CT molecular complexity index is 296. The highest BCUT2D eigenvalue weighted by atomic mass is 16.7. The summed E-state index contributed by atoms with van der Waals surface area (Å²) >= 11 is 0. The van der Waals surface area contributed by atoms with Crippen LogP contribution in [0.5, 0.6) is 0 Å². The fraction of sp³-hybridized carbons (Fsp3) is 0.909. The Morgan fingerprint density at radius 3 is 2.47 bits per heavy atom. The van der Waals surface area contributed by atoms with Crippen molar-refractivity contribution in [2.24, 2.45) is 4.99 Å². The van der Waals surface area contributed by atoms with E-state index in [0.29, 0.717) is 12.5 Å². The van der Waals surface area contributed by atoms with Crippen molar-refractivity contribution < 1.29 is 23.7 Å². The van der Waals surface area contributed by atoms with Crippen LogP contribution in [-0.4, -0.2) is 64.5 Å². The van der Waals surface area contributed by atoms with Gasteiger partial charge in [0.15, 0.2) is 5.90 Å². The second kappa shape index (κ2) is 5.30. The minimum absolute atomic E-state index is 0.168. The minimum Gasteiger partial charge on any atom is -0.450 e. The van der Waals surface area contributed by atoms with E-state index >= 15 is 0 Å². The fourth-order valence-corrected chi connectivity index (χ4v) is 2.39. The summed E-state index contributed by atoms with van der Waals surface area (Å²) in [4.78, 5) is 4.38. The highest BCUT2D eigenvalue weighted by Crippen LogP contribution is 2.31. The molecule has 0 aromatic heterocycles. The van der Waals surface area contributed by atoms with Gasteiger partial charge in [0.25, 0.3) is 0 Å². The number of rotatable bonds is 4. The first kappa shape index (κ1) is 12.8. The van der Waals surface area contributed by atoms with Crippen LogP contribution in [0.25, 0.3) is 0 Å². The number of ether oxygens (including phenoxy) is 5. The molecule has 0 aromatic carbocycles. The Balaban J connectivity index is 2.17. The Hall–Kier alpha value is -0.690. The molecule has 0 N–H and O–H groups in total. The zero-order valence-corrected chi connectivity index (χ0v) is 10.6. The third kappa shape index (κ3) is 2.30. The highest BCUT2D eigenvalue weighted by molar-refractivity contribution is 5.75. The van der Waals surface area contributed by atoms with Gasteiger partial charge >= 0.3 is 0 Å². The first-order valence-corrected chi connectivity index (χ1v) is 5.62. The quantitative estimate of drug-likeness (QED) is 0.708. The van der Waals surface area contributed by atoms with Crippen LogP contribution >= 0.6 is 0 Å². The maximum atomic E-state index is 5.79. The Kier molecular flexibility index (Phi) is 3.98. The Morgan fingerprint density at radius 2 is 1.88 bits per heavy atom. The van der Waals surface area contributed by atoms with Crippen LogP contribution < -0.4 is 0 Å².